The normalized spacial score (nSPS) is 14.2. The summed E-state index contributed by atoms with van der Waals surface area (Å²) in [7, 11) is 1.51. The van der Waals surface area contributed by atoms with Crippen LogP contribution in [-0.4, -0.2) is 41.2 Å². The molecule has 1 aliphatic rings. The van der Waals surface area contributed by atoms with Gasteiger partial charge in [-0.05, 0) is 24.5 Å². The van der Waals surface area contributed by atoms with Gasteiger partial charge in [0.25, 0.3) is 0 Å². The van der Waals surface area contributed by atoms with Gasteiger partial charge in [-0.2, -0.15) is 0 Å². The van der Waals surface area contributed by atoms with E-state index in [0.717, 1.165) is 6.42 Å². The van der Waals surface area contributed by atoms with Crippen LogP contribution < -0.4 is 11.1 Å². The second-order valence-electron chi connectivity index (χ2n) is 8.10. The van der Waals surface area contributed by atoms with Crippen LogP contribution in [0.2, 0.25) is 0 Å². The van der Waals surface area contributed by atoms with Gasteiger partial charge in [0.1, 0.15) is 5.69 Å². The number of nitrogens with one attached hydrogen (secondary N) is 1. The first kappa shape index (κ1) is 22.5. The van der Waals surface area contributed by atoms with Gasteiger partial charge in [-0.15, -0.1) is 0 Å². The molecule has 1 aliphatic carbocycles. The number of urea groups is 1. The average Bonchev–Trinajstić information content (AvgIpc) is 3.21. The van der Waals surface area contributed by atoms with Gasteiger partial charge in [-0.1, -0.05) is 50.3 Å². The Hall–Kier alpha value is -3.16. The molecule has 31 heavy (non-hydrogen) atoms. The van der Waals surface area contributed by atoms with Gasteiger partial charge in [-0.3, -0.25) is 9.59 Å². The molecule has 0 saturated heterocycles. The molecule has 0 radical (unpaired) electrons. The predicted octanol–water partition coefficient (Wildman–Crippen LogP) is 3.51. The largest absolute Gasteiger partial charge is 0.433 e. The lowest BCUT2D eigenvalue weighted by molar-refractivity contribution is -0.121. The topological polar surface area (TPSA) is 119 Å². The van der Waals surface area contributed by atoms with Crippen molar-refractivity contribution >= 4 is 17.7 Å². The Kier molecular flexibility index (Phi) is 7.81. The predicted molar refractivity (Wildman–Crippen MR) is 116 cm³/mol. The Morgan fingerprint density at radius 1 is 1.16 bits per heavy atom. The minimum Gasteiger partial charge on any atom is -0.433 e. The van der Waals surface area contributed by atoms with Crippen LogP contribution >= 0.6 is 0 Å². The highest BCUT2D eigenvalue weighted by Crippen LogP contribution is 2.27. The number of nitrogens with zero attached hydrogens (tertiary/aromatic N) is 2. The van der Waals surface area contributed by atoms with Crippen molar-refractivity contribution in [2.45, 2.75) is 51.5 Å². The molecule has 0 aliphatic heterocycles. The van der Waals surface area contributed by atoms with Gasteiger partial charge in [0, 0.05) is 19.0 Å². The minimum absolute atomic E-state index is 0.0273. The third kappa shape index (κ3) is 6.41. The Morgan fingerprint density at radius 3 is 2.55 bits per heavy atom. The number of carbonyl (C=O) groups is 3. The van der Waals surface area contributed by atoms with E-state index in [1.807, 2.05) is 30.3 Å². The number of hydrogen-bond donors (Lipinski definition) is 2. The summed E-state index contributed by atoms with van der Waals surface area (Å²) in [6.45, 7) is -0.150. The summed E-state index contributed by atoms with van der Waals surface area (Å²) in [5, 5.41) is 2.69. The van der Waals surface area contributed by atoms with Crippen LogP contribution in [0.1, 0.15) is 61.2 Å². The first-order valence-electron chi connectivity index (χ1n) is 10.8. The number of aromatic nitrogens is 1. The first-order chi connectivity index (χ1) is 14.9. The van der Waals surface area contributed by atoms with E-state index in [2.05, 4.69) is 10.3 Å². The molecule has 0 spiro atoms. The molecule has 3 rings (SSSR count). The second-order valence-corrected chi connectivity index (χ2v) is 8.10. The fraction of sp³-hybridized carbons (Fsp3) is 0.478. The van der Waals surface area contributed by atoms with Gasteiger partial charge < -0.3 is 20.4 Å². The molecule has 8 heteroatoms. The smallest absolute Gasteiger partial charge is 0.314 e. The van der Waals surface area contributed by atoms with E-state index in [0.29, 0.717) is 23.6 Å². The fourth-order valence-corrected chi connectivity index (χ4v) is 3.84. The number of rotatable bonds is 9. The summed E-state index contributed by atoms with van der Waals surface area (Å²) < 4.78 is 5.74. The van der Waals surface area contributed by atoms with E-state index in [1.165, 1.54) is 44.1 Å². The number of carbonyl (C=O) groups excluding carboxylic acids is 3. The molecule has 2 aromatic rings. The van der Waals surface area contributed by atoms with Crippen LogP contribution in [0, 0.1) is 5.92 Å². The number of primary amides is 1. The van der Waals surface area contributed by atoms with Crippen molar-refractivity contribution in [3.8, 4) is 11.5 Å². The standard InChI is InChI=1S/C23H30N4O4/c1-27(23(24)30)15-18-21(31-22(26-18)17-10-6-3-7-11-17)19(28)14-25-20(29)13-12-16-8-4-2-5-9-16/h3,6-7,10-11,16H,2,4-5,8-9,12-15H2,1H3,(H2,24,30)(H,25,29). The Balaban J connectivity index is 1.64. The van der Waals surface area contributed by atoms with Crippen molar-refractivity contribution in [2.24, 2.45) is 11.7 Å². The van der Waals surface area contributed by atoms with Crippen molar-refractivity contribution < 1.29 is 18.8 Å². The van der Waals surface area contributed by atoms with Crippen LogP contribution in [0.5, 0.6) is 0 Å². The molecule has 1 aromatic heterocycles. The van der Waals surface area contributed by atoms with Crippen LogP contribution in [0.25, 0.3) is 11.5 Å². The maximum absolute atomic E-state index is 12.8. The zero-order valence-electron chi connectivity index (χ0n) is 17.9. The Labute approximate surface area is 182 Å². The van der Waals surface area contributed by atoms with Crippen LogP contribution in [0.15, 0.2) is 34.7 Å². The highest BCUT2D eigenvalue weighted by molar-refractivity contribution is 5.98. The number of benzene rings is 1. The summed E-state index contributed by atoms with van der Waals surface area (Å²) >= 11 is 0. The van der Waals surface area contributed by atoms with Crippen molar-refractivity contribution in [2.75, 3.05) is 13.6 Å². The van der Waals surface area contributed by atoms with Gasteiger partial charge in [0.15, 0.2) is 5.76 Å². The molecule has 1 aromatic carbocycles. The quantitative estimate of drug-likeness (QED) is 0.595. The van der Waals surface area contributed by atoms with E-state index in [-0.39, 0.29) is 30.6 Å². The minimum atomic E-state index is -0.640. The molecule has 0 bridgehead atoms. The molecular formula is C23H30N4O4. The van der Waals surface area contributed by atoms with Gasteiger partial charge in [-0.25, -0.2) is 9.78 Å². The molecule has 3 N–H and O–H groups in total. The number of ketones is 1. The number of oxazole rings is 1. The molecule has 166 valence electrons. The van der Waals surface area contributed by atoms with E-state index in [9.17, 15) is 14.4 Å². The SMILES string of the molecule is CN(Cc1nc(-c2ccccc2)oc1C(=O)CNC(=O)CCC1CCCCC1)C(N)=O. The number of hydrogen-bond acceptors (Lipinski definition) is 5. The van der Waals surface area contributed by atoms with Gasteiger partial charge >= 0.3 is 6.03 Å². The summed E-state index contributed by atoms with van der Waals surface area (Å²) in [4.78, 5) is 42.1. The zero-order chi connectivity index (χ0) is 22.2. The second kappa shape index (κ2) is 10.7. The zero-order valence-corrected chi connectivity index (χ0v) is 17.9. The Morgan fingerprint density at radius 2 is 1.87 bits per heavy atom. The highest BCUT2D eigenvalue weighted by atomic mass is 16.4. The molecule has 0 atom stereocenters. The molecular weight excluding hydrogens is 396 g/mol. The Bertz CT molecular complexity index is 904. The molecule has 1 saturated carbocycles. The maximum Gasteiger partial charge on any atom is 0.314 e. The highest BCUT2D eigenvalue weighted by Gasteiger charge is 2.23. The average molecular weight is 427 g/mol. The van der Waals surface area contributed by atoms with Crippen molar-refractivity contribution in [1.82, 2.24) is 15.2 Å². The third-order valence-electron chi connectivity index (χ3n) is 5.69. The van der Waals surface area contributed by atoms with Crippen molar-refractivity contribution in [3.63, 3.8) is 0 Å². The number of amides is 3. The third-order valence-corrected chi connectivity index (χ3v) is 5.69. The lowest BCUT2D eigenvalue weighted by atomic mass is 9.86. The summed E-state index contributed by atoms with van der Waals surface area (Å²) in [5.74, 6) is 0.375. The van der Waals surface area contributed by atoms with E-state index in [1.54, 1.807) is 0 Å². The number of Topliss-reactive ketones (excluding diaryl/α,β-unsaturated/α-hetero) is 1. The summed E-state index contributed by atoms with van der Waals surface area (Å²) in [5.41, 5.74) is 6.32. The monoisotopic (exact) mass is 426 g/mol. The number of nitrogens with two attached hydrogens (primary N) is 1. The summed E-state index contributed by atoms with van der Waals surface area (Å²) in [6.07, 6.45) is 7.40. The van der Waals surface area contributed by atoms with E-state index >= 15 is 0 Å². The lowest BCUT2D eigenvalue weighted by Crippen LogP contribution is -2.33. The van der Waals surface area contributed by atoms with Crippen LogP contribution in [0.4, 0.5) is 4.79 Å². The van der Waals surface area contributed by atoms with E-state index < -0.39 is 11.8 Å². The molecule has 3 amide bonds. The van der Waals surface area contributed by atoms with Crippen LogP contribution in [0.3, 0.4) is 0 Å². The maximum atomic E-state index is 12.8. The fourth-order valence-electron chi connectivity index (χ4n) is 3.84. The van der Waals surface area contributed by atoms with E-state index in [4.69, 9.17) is 10.2 Å². The first-order valence-corrected chi connectivity index (χ1v) is 10.8. The van der Waals surface area contributed by atoms with Gasteiger partial charge in [0.05, 0.1) is 13.1 Å². The summed E-state index contributed by atoms with van der Waals surface area (Å²) in [6, 6.07) is 8.52. The van der Waals surface area contributed by atoms with Crippen LogP contribution in [-0.2, 0) is 11.3 Å². The lowest BCUT2D eigenvalue weighted by Gasteiger charge is -2.20. The van der Waals surface area contributed by atoms with Crippen molar-refractivity contribution in [1.29, 1.82) is 0 Å². The molecule has 1 heterocycles. The molecule has 0 unspecified atom stereocenters. The molecule has 8 nitrogen and oxygen atoms in total. The van der Waals surface area contributed by atoms with Crippen molar-refractivity contribution in [3.05, 3.63) is 41.8 Å². The molecule has 1 fully saturated rings. The van der Waals surface area contributed by atoms with Gasteiger partial charge in [0.2, 0.25) is 17.6 Å².